The van der Waals surface area contributed by atoms with Gasteiger partial charge in [0.25, 0.3) is 0 Å². The Morgan fingerprint density at radius 2 is 1.57 bits per heavy atom. The average molecular weight is 619 g/mol. The zero-order valence-electron chi connectivity index (χ0n) is 27.9. The molecule has 250 valence electrons. The van der Waals surface area contributed by atoms with E-state index in [0.717, 1.165) is 44.9 Å². The van der Waals surface area contributed by atoms with Crippen molar-refractivity contribution < 1.29 is 40.1 Å². The van der Waals surface area contributed by atoms with Gasteiger partial charge in [0.2, 0.25) is 0 Å². The SMILES string of the molecule is CC1(C)CCC2(CO)C(=C3C=CC4C5(C)CCC(OC6OC(CO)C(O)C(O)C6O)C(C)(C)C5CCC4(C)C3(C)CC2O)C1. The van der Waals surface area contributed by atoms with Gasteiger partial charge in [-0.15, -0.1) is 0 Å². The predicted octanol–water partition coefficient (Wildman–Crippen LogP) is 3.86. The van der Waals surface area contributed by atoms with Gasteiger partial charge in [0.15, 0.2) is 6.29 Å². The maximum Gasteiger partial charge on any atom is 0.186 e. The molecule has 5 aliphatic carbocycles. The number of allylic oxidation sites excluding steroid dienone is 3. The summed E-state index contributed by atoms with van der Waals surface area (Å²) in [6.45, 7) is 15.9. The fourth-order valence-corrected chi connectivity index (χ4v) is 11.6. The molecule has 44 heavy (non-hydrogen) atoms. The van der Waals surface area contributed by atoms with Crippen molar-refractivity contribution in [1.82, 2.24) is 0 Å². The lowest BCUT2D eigenvalue weighted by Crippen LogP contribution is -2.65. The van der Waals surface area contributed by atoms with Crippen LogP contribution in [0.5, 0.6) is 0 Å². The molecular formula is C36H58O8. The summed E-state index contributed by atoms with van der Waals surface area (Å²) in [5, 5.41) is 63.7. The van der Waals surface area contributed by atoms with E-state index in [4.69, 9.17) is 9.47 Å². The van der Waals surface area contributed by atoms with Crippen LogP contribution in [0.3, 0.4) is 0 Å². The number of rotatable bonds is 4. The van der Waals surface area contributed by atoms with E-state index in [2.05, 4.69) is 60.6 Å². The molecule has 13 atom stereocenters. The van der Waals surface area contributed by atoms with Gasteiger partial charge in [-0.05, 0) is 90.4 Å². The molecule has 13 unspecified atom stereocenters. The fourth-order valence-electron chi connectivity index (χ4n) is 11.6. The Labute approximate surface area is 263 Å². The quantitative estimate of drug-likeness (QED) is 0.261. The Hall–Kier alpha value is -0.840. The first-order chi connectivity index (χ1) is 20.4. The number of aliphatic hydroxyl groups excluding tert-OH is 6. The van der Waals surface area contributed by atoms with Gasteiger partial charge < -0.3 is 40.1 Å². The Morgan fingerprint density at radius 1 is 0.864 bits per heavy atom. The van der Waals surface area contributed by atoms with Crippen molar-refractivity contribution in [2.45, 2.75) is 143 Å². The number of ether oxygens (including phenoxy) is 2. The highest BCUT2D eigenvalue weighted by Gasteiger charge is 2.68. The third kappa shape index (κ3) is 4.38. The summed E-state index contributed by atoms with van der Waals surface area (Å²) >= 11 is 0. The molecule has 6 aliphatic rings. The van der Waals surface area contributed by atoms with Crippen LogP contribution < -0.4 is 0 Å². The molecule has 0 radical (unpaired) electrons. The van der Waals surface area contributed by atoms with E-state index in [1.807, 2.05) is 0 Å². The van der Waals surface area contributed by atoms with Crippen molar-refractivity contribution in [3.63, 3.8) is 0 Å². The molecule has 6 rings (SSSR count). The third-order valence-electron chi connectivity index (χ3n) is 14.6. The average Bonchev–Trinajstić information content (AvgIpc) is 2.95. The van der Waals surface area contributed by atoms with E-state index in [-0.39, 0.29) is 39.8 Å². The summed E-state index contributed by atoms with van der Waals surface area (Å²) in [4.78, 5) is 0. The lowest BCUT2D eigenvalue weighted by Gasteiger charge is -2.70. The zero-order valence-corrected chi connectivity index (χ0v) is 27.9. The smallest absolute Gasteiger partial charge is 0.186 e. The zero-order chi connectivity index (χ0) is 32.3. The van der Waals surface area contributed by atoms with Gasteiger partial charge in [-0.1, -0.05) is 66.2 Å². The normalized spacial score (nSPS) is 52.9. The van der Waals surface area contributed by atoms with Crippen molar-refractivity contribution in [3.8, 4) is 0 Å². The molecule has 1 heterocycles. The van der Waals surface area contributed by atoms with Crippen molar-refractivity contribution in [2.75, 3.05) is 13.2 Å². The summed E-state index contributed by atoms with van der Waals surface area (Å²) in [5.41, 5.74) is 1.67. The van der Waals surface area contributed by atoms with Crippen LogP contribution in [0.25, 0.3) is 0 Å². The predicted molar refractivity (Wildman–Crippen MR) is 166 cm³/mol. The second-order valence-electron chi connectivity index (χ2n) is 17.6. The van der Waals surface area contributed by atoms with E-state index in [0.29, 0.717) is 18.3 Å². The molecule has 6 N–H and O–H groups in total. The van der Waals surface area contributed by atoms with Crippen molar-refractivity contribution in [1.29, 1.82) is 0 Å². The van der Waals surface area contributed by atoms with Crippen LogP contribution in [-0.2, 0) is 9.47 Å². The standard InChI is InChI=1S/C36H58O8/c1-31(2)14-15-36(19-38)21(16-31)20-8-9-24-33(5)12-11-26(44-30-29(42)28(41)27(40)22(18-37)43-30)32(3,4)23(33)10-13-34(24,6)35(20,7)17-25(36)39/h8-9,22-30,37-42H,10-19H2,1-7H3. The molecule has 3 saturated carbocycles. The molecular weight excluding hydrogens is 560 g/mol. The molecule has 4 fully saturated rings. The van der Waals surface area contributed by atoms with Crippen molar-refractivity contribution in [2.24, 2.45) is 44.3 Å². The summed E-state index contributed by atoms with van der Waals surface area (Å²) in [7, 11) is 0. The molecule has 8 nitrogen and oxygen atoms in total. The molecule has 0 aromatic heterocycles. The summed E-state index contributed by atoms with van der Waals surface area (Å²) < 4.78 is 12.2. The Kier molecular flexibility index (Phi) is 7.95. The largest absolute Gasteiger partial charge is 0.395 e. The molecule has 0 bridgehead atoms. The summed E-state index contributed by atoms with van der Waals surface area (Å²) in [6, 6.07) is 0. The van der Waals surface area contributed by atoms with E-state index in [9.17, 15) is 30.6 Å². The van der Waals surface area contributed by atoms with Gasteiger partial charge in [-0.25, -0.2) is 0 Å². The first kappa shape index (κ1) is 33.1. The third-order valence-corrected chi connectivity index (χ3v) is 14.6. The first-order valence-electron chi connectivity index (χ1n) is 17.1. The van der Waals surface area contributed by atoms with Crippen LogP contribution in [0, 0.1) is 44.3 Å². The topological polar surface area (TPSA) is 140 Å². The maximum atomic E-state index is 11.9. The highest BCUT2D eigenvalue weighted by molar-refractivity contribution is 5.47. The van der Waals surface area contributed by atoms with Crippen LogP contribution in [0.1, 0.15) is 99.8 Å². The van der Waals surface area contributed by atoms with Gasteiger partial charge in [0.1, 0.15) is 24.4 Å². The molecule has 0 amide bonds. The van der Waals surface area contributed by atoms with Gasteiger partial charge in [-0.3, -0.25) is 0 Å². The van der Waals surface area contributed by atoms with E-state index >= 15 is 0 Å². The molecule has 8 heteroatoms. The fraction of sp³-hybridized carbons (Fsp3) is 0.889. The highest BCUT2D eigenvalue weighted by Crippen LogP contribution is 2.74. The number of hydrogen-bond acceptors (Lipinski definition) is 8. The van der Waals surface area contributed by atoms with Gasteiger partial charge in [-0.2, -0.15) is 0 Å². The Balaban J connectivity index is 1.33. The second-order valence-corrected chi connectivity index (χ2v) is 17.6. The minimum atomic E-state index is -1.46. The van der Waals surface area contributed by atoms with E-state index < -0.39 is 48.8 Å². The van der Waals surface area contributed by atoms with Crippen LogP contribution in [-0.4, -0.2) is 86.8 Å². The minimum absolute atomic E-state index is 0.00302. The molecule has 1 saturated heterocycles. The van der Waals surface area contributed by atoms with Crippen molar-refractivity contribution in [3.05, 3.63) is 23.3 Å². The van der Waals surface area contributed by atoms with Crippen LogP contribution in [0.15, 0.2) is 23.3 Å². The number of hydrogen-bond donors (Lipinski definition) is 6. The Bertz CT molecular complexity index is 1190. The lowest BCUT2D eigenvalue weighted by molar-refractivity contribution is -0.329. The summed E-state index contributed by atoms with van der Waals surface area (Å²) in [6.07, 6.45) is 4.74. The van der Waals surface area contributed by atoms with Crippen LogP contribution >= 0.6 is 0 Å². The number of fused-ring (bicyclic) bond motifs is 6. The molecule has 0 aromatic carbocycles. The van der Waals surface area contributed by atoms with Crippen LogP contribution in [0.4, 0.5) is 0 Å². The summed E-state index contributed by atoms with van der Waals surface area (Å²) in [5.74, 6) is 0.610. The van der Waals surface area contributed by atoms with Crippen molar-refractivity contribution >= 4 is 0 Å². The first-order valence-corrected chi connectivity index (χ1v) is 17.1. The van der Waals surface area contributed by atoms with E-state index in [1.54, 1.807) is 0 Å². The molecule has 0 aromatic rings. The second kappa shape index (κ2) is 10.6. The van der Waals surface area contributed by atoms with Gasteiger partial charge in [0.05, 0.1) is 25.4 Å². The molecule has 1 aliphatic heterocycles. The Morgan fingerprint density at radius 3 is 2.23 bits per heavy atom. The monoisotopic (exact) mass is 618 g/mol. The van der Waals surface area contributed by atoms with E-state index in [1.165, 1.54) is 11.1 Å². The molecule has 0 spiro atoms. The lowest BCUT2D eigenvalue weighted by atomic mass is 9.35. The minimum Gasteiger partial charge on any atom is -0.395 e. The maximum absolute atomic E-state index is 11.9. The van der Waals surface area contributed by atoms with Gasteiger partial charge in [0, 0.05) is 10.8 Å². The van der Waals surface area contributed by atoms with Gasteiger partial charge >= 0.3 is 0 Å². The number of aliphatic hydroxyl groups is 6. The highest BCUT2D eigenvalue weighted by atomic mass is 16.7. The van der Waals surface area contributed by atoms with Crippen LogP contribution in [0.2, 0.25) is 0 Å².